The fraction of sp³-hybridized carbons (Fsp3) is 0.869. The van der Waals surface area contributed by atoms with Crippen LogP contribution >= 0.6 is 0 Å². The van der Waals surface area contributed by atoms with Crippen molar-refractivity contribution in [1.82, 2.24) is 5.32 Å². The van der Waals surface area contributed by atoms with Gasteiger partial charge in [0.15, 0.2) is 0 Å². The Bertz CT molecular complexity index is 1090. The minimum Gasteiger partial charge on any atom is -0.465 e. The van der Waals surface area contributed by atoms with E-state index < -0.39 is 12.1 Å². The number of hydrogen-bond donors (Lipinski definition) is 3. The Morgan fingerprint density at radius 1 is 0.418 bits per heavy atom. The van der Waals surface area contributed by atoms with E-state index in [1.165, 1.54) is 231 Å². The van der Waals surface area contributed by atoms with Gasteiger partial charge in [-0.05, 0) is 70.6 Å². The smallest absolute Gasteiger partial charge is 0.305 e. The number of allylic oxidation sites excluding steroid dienone is 5. The van der Waals surface area contributed by atoms with Crippen LogP contribution in [0.2, 0.25) is 0 Å². The Kier molecular flexibility index (Phi) is 55.0. The van der Waals surface area contributed by atoms with E-state index in [-0.39, 0.29) is 18.5 Å². The molecule has 2 atom stereocenters. The van der Waals surface area contributed by atoms with Gasteiger partial charge in [0.05, 0.1) is 25.4 Å². The number of nitrogens with one attached hydrogen (secondary N) is 1. The molecule has 0 bridgehead atoms. The van der Waals surface area contributed by atoms with Crippen LogP contribution in [0.4, 0.5) is 0 Å². The highest BCUT2D eigenvalue weighted by Gasteiger charge is 2.20. The number of amides is 1. The van der Waals surface area contributed by atoms with Crippen molar-refractivity contribution in [2.75, 3.05) is 13.2 Å². The first-order valence-electron chi connectivity index (χ1n) is 29.7. The molecule has 6 nitrogen and oxygen atoms in total. The van der Waals surface area contributed by atoms with Crippen molar-refractivity contribution < 1.29 is 24.5 Å². The molecule has 0 spiro atoms. The molecule has 0 heterocycles. The van der Waals surface area contributed by atoms with E-state index in [9.17, 15) is 19.8 Å². The van der Waals surface area contributed by atoms with Crippen LogP contribution in [0.3, 0.4) is 0 Å². The number of aliphatic hydroxyl groups is 2. The summed E-state index contributed by atoms with van der Waals surface area (Å²) in [5, 5.41) is 23.3. The van der Waals surface area contributed by atoms with Gasteiger partial charge in [0, 0.05) is 12.8 Å². The van der Waals surface area contributed by atoms with Crippen molar-refractivity contribution in [2.45, 2.75) is 328 Å². The summed E-state index contributed by atoms with van der Waals surface area (Å²) in [6.07, 6.45) is 70.1. The van der Waals surface area contributed by atoms with Gasteiger partial charge in [0.2, 0.25) is 5.91 Å². The van der Waals surface area contributed by atoms with Crippen LogP contribution in [0, 0.1) is 0 Å². The molecule has 6 heteroatoms. The zero-order chi connectivity index (χ0) is 48.6. The second kappa shape index (κ2) is 56.7. The zero-order valence-electron chi connectivity index (χ0n) is 44.9. The van der Waals surface area contributed by atoms with E-state index in [2.05, 4.69) is 55.6 Å². The van der Waals surface area contributed by atoms with E-state index in [1.54, 1.807) is 0 Å². The topological polar surface area (TPSA) is 95.9 Å². The molecule has 0 saturated carbocycles. The fourth-order valence-electron chi connectivity index (χ4n) is 9.12. The van der Waals surface area contributed by atoms with Crippen molar-refractivity contribution in [3.05, 3.63) is 36.5 Å². The number of hydrogen-bond acceptors (Lipinski definition) is 5. The molecule has 1 amide bonds. The van der Waals surface area contributed by atoms with Gasteiger partial charge in [-0.2, -0.15) is 0 Å². The number of carbonyl (C=O) groups is 2. The first-order valence-corrected chi connectivity index (χ1v) is 29.7. The third-order valence-electron chi connectivity index (χ3n) is 13.7. The Morgan fingerprint density at radius 2 is 0.746 bits per heavy atom. The van der Waals surface area contributed by atoms with E-state index in [4.69, 9.17) is 4.74 Å². The van der Waals surface area contributed by atoms with Gasteiger partial charge >= 0.3 is 5.97 Å². The summed E-state index contributed by atoms with van der Waals surface area (Å²) in [7, 11) is 0. The molecular weight excluding hydrogens is 827 g/mol. The lowest BCUT2D eigenvalue weighted by molar-refractivity contribution is -0.143. The quantitative estimate of drug-likeness (QED) is 0.0321. The maximum absolute atomic E-state index is 12.5. The number of ether oxygens (including phenoxy) is 1. The van der Waals surface area contributed by atoms with Crippen molar-refractivity contribution in [2.24, 2.45) is 0 Å². The third kappa shape index (κ3) is 53.3. The minimum atomic E-state index is -0.668. The van der Waals surface area contributed by atoms with Crippen LogP contribution in [-0.4, -0.2) is 47.4 Å². The molecule has 0 aliphatic carbocycles. The van der Waals surface area contributed by atoms with Crippen LogP contribution in [0.15, 0.2) is 36.5 Å². The normalized spacial score (nSPS) is 12.8. The second-order valence-corrected chi connectivity index (χ2v) is 20.3. The first-order chi connectivity index (χ1) is 33.0. The summed E-state index contributed by atoms with van der Waals surface area (Å²) in [4.78, 5) is 24.5. The summed E-state index contributed by atoms with van der Waals surface area (Å²) in [5.41, 5.74) is 0. The molecule has 394 valence electrons. The van der Waals surface area contributed by atoms with Gasteiger partial charge < -0.3 is 20.3 Å². The highest BCUT2D eigenvalue weighted by atomic mass is 16.5. The molecule has 2 unspecified atom stereocenters. The average Bonchev–Trinajstić information content (AvgIpc) is 3.33. The van der Waals surface area contributed by atoms with Crippen LogP contribution in [0.25, 0.3) is 0 Å². The Morgan fingerprint density at radius 3 is 1.18 bits per heavy atom. The predicted molar refractivity (Wildman–Crippen MR) is 292 cm³/mol. The van der Waals surface area contributed by atoms with Gasteiger partial charge in [0.1, 0.15) is 0 Å². The number of aliphatic hydroxyl groups excluding tert-OH is 2. The Labute approximate surface area is 417 Å². The molecule has 0 aromatic heterocycles. The minimum absolute atomic E-state index is 0.0382. The van der Waals surface area contributed by atoms with Gasteiger partial charge in [-0.15, -0.1) is 0 Å². The number of carbonyl (C=O) groups excluding carboxylic acids is 2. The van der Waals surface area contributed by atoms with Crippen molar-refractivity contribution in [1.29, 1.82) is 0 Å². The summed E-state index contributed by atoms with van der Waals surface area (Å²) in [6.45, 7) is 4.83. The largest absolute Gasteiger partial charge is 0.465 e. The van der Waals surface area contributed by atoms with Crippen molar-refractivity contribution in [3.63, 3.8) is 0 Å². The van der Waals surface area contributed by atoms with Crippen molar-refractivity contribution in [3.8, 4) is 0 Å². The van der Waals surface area contributed by atoms with Gasteiger partial charge in [-0.25, -0.2) is 0 Å². The molecule has 0 rings (SSSR count). The summed E-state index contributed by atoms with van der Waals surface area (Å²) in [6, 6.07) is -0.546. The number of rotatable bonds is 55. The molecule has 0 aromatic rings. The molecule has 0 saturated heterocycles. The number of unbranched alkanes of at least 4 members (excludes halogenated alkanes) is 38. The van der Waals surface area contributed by atoms with E-state index >= 15 is 0 Å². The van der Waals surface area contributed by atoms with Gasteiger partial charge in [-0.1, -0.05) is 269 Å². The Balaban J connectivity index is 3.46. The molecule has 3 N–H and O–H groups in total. The molecule has 0 aliphatic rings. The lowest BCUT2D eigenvalue weighted by Gasteiger charge is -2.22. The first kappa shape index (κ1) is 65.1. The SMILES string of the molecule is CCCCC/C=C\CCCCCCCC(=O)OCC/C=C\C/C=C\CCCCCCCCCCCCCCCCC(=O)NC(CO)C(O)CCCCCCCCCCCCCCCCCCC. The summed E-state index contributed by atoms with van der Waals surface area (Å²) >= 11 is 0. The standard InChI is InChI=1S/C61H115NO5/c1-3-5-7-9-11-13-15-17-18-24-27-30-33-37-41-45-49-53-59(64)58(57-63)62-60(65)54-50-46-42-38-34-31-28-25-22-20-19-21-23-26-29-32-36-40-44-48-52-56-67-61(66)55-51-47-43-39-35-16-14-12-10-8-6-4-2/h12,14,32,36,44,48,58-59,63-64H,3-11,13,15-31,33-35,37-43,45-47,49-57H2,1-2H3,(H,62,65)/b14-12-,36-32-,48-44-. The zero-order valence-corrected chi connectivity index (χ0v) is 44.9. The van der Waals surface area contributed by atoms with Crippen molar-refractivity contribution >= 4 is 11.9 Å². The summed E-state index contributed by atoms with van der Waals surface area (Å²) < 4.78 is 5.40. The third-order valence-corrected chi connectivity index (χ3v) is 13.7. The second-order valence-electron chi connectivity index (χ2n) is 20.3. The predicted octanol–water partition coefficient (Wildman–Crippen LogP) is 18.4. The maximum Gasteiger partial charge on any atom is 0.305 e. The van der Waals surface area contributed by atoms with E-state index in [0.717, 1.165) is 51.4 Å². The van der Waals surface area contributed by atoms with Gasteiger partial charge in [-0.3, -0.25) is 9.59 Å². The monoisotopic (exact) mass is 942 g/mol. The Hall–Kier alpha value is -1.92. The highest BCUT2D eigenvalue weighted by Crippen LogP contribution is 2.17. The lowest BCUT2D eigenvalue weighted by Crippen LogP contribution is -2.45. The highest BCUT2D eigenvalue weighted by molar-refractivity contribution is 5.76. The molecule has 0 aromatic carbocycles. The fourth-order valence-corrected chi connectivity index (χ4v) is 9.12. The molecule has 67 heavy (non-hydrogen) atoms. The van der Waals surface area contributed by atoms with E-state index in [1.807, 2.05) is 0 Å². The average molecular weight is 943 g/mol. The molecule has 0 fully saturated rings. The van der Waals surface area contributed by atoms with Crippen LogP contribution in [0.1, 0.15) is 316 Å². The van der Waals surface area contributed by atoms with E-state index in [0.29, 0.717) is 25.9 Å². The lowest BCUT2D eigenvalue weighted by atomic mass is 10.0. The number of esters is 1. The maximum atomic E-state index is 12.5. The molecule has 0 radical (unpaired) electrons. The van der Waals surface area contributed by atoms with Gasteiger partial charge in [0.25, 0.3) is 0 Å². The molecular formula is C61H115NO5. The van der Waals surface area contributed by atoms with Crippen LogP contribution in [0.5, 0.6) is 0 Å². The van der Waals surface area contributed by atoms with Crippen LogP contribution < -0.4 is 5.32 Å². The summed E-state index contributed by atoms with van der Waals surface area (Å²) in [5.74, 6) is -0.0835. The van der Waals surface area contributed by atoms with Crippen LogP contribution in [-0.2, 0) is 14.3 Å². The molecule has 0 aliphatic heterocycles.